The maximum absolute atomic E-state index is 11.4. The van der Waals surface area contributed by atoms with Crippen LogP contribution < -0.4 is 5.73 Å². The molecule has 0 aromatic heterocycles. The summed E-state index contributed by atoms with van der Waals surface area (Å²) in [7, 11) is 0.849. The summed E-state index contributed by atoms with van der Waals surface area (Å²) in [4.78, 5) is 11.4. The summed E-state index contributed by atoms with van der Waals surface area (Å²) >= 11 is 0. The van der Waals surface area contributed by atoms with Gasteiger partial charge in [-0.15, -0.1) is 0 Å². The van der Waals surface area contributed by atoms with Gasteiger partial charge in [-0.3, -0.25) is 4.79 Å². The summed E-state index contributed by atoms with van der Waals surface area (Å²) in [5.74, 6) is -3.81. The summed E-state index contributed by atoms with van der Waals surface area (Å²) in [6.07, 6.45) is -3.38. The second-order valence-corrected chi connectivity index (χ2v) is 2.70. The average molecular weight is 232 g/mol. The highest BCUT2D eigenvalue weighted by molar-refractivity contribution is 5.76. The van der Waals surface area contributed by atoms with Crippen LogP contribution in [-0.2, 0) is 9.53 Å². The number of carbonyl (C=O) groups excluding carboxylic acids is 1. The molecule has 1 aromatic carbocycles. The zero-order chi connectivity index (χ0) is 16.7. The number of rotatable bonds is 3. The van der Waals surface area contributed by atoms with E-state index in [2.05, 4.69) is 4.74 Å². The van der Waals surface area contributed by atoms with E-state index < -0.39 is 53.3 Å². The molecule has 0 fully saturated rings. The van der Waals surface area contributed by atoms with Crippen molar-refractivity contribution in [1.82, 2.24) is 0 Å². The molecule has 0 aliphatic carbocycles. The molecule has 1 rings (SSSR count). The third kappa shape index (κ3) is 2.41. The Bertz CT molecular complexity index is 575. The zero-order valence-electron chi connectivity index (χ0n) is 13.2. The molecule has 88 valence electrons. The molecule has 5 N–H and O–H groups in total. The van der Waals surface area contributed by atoms with Crippen LogP contribution in [0.5, 0.6) is 11.5 Å². The normalized spacial score (nSPS) is 22.6. The SMILES string of the molecule is [2H]c1c([2H])c([C@@]([2H])(O)[C@@]([2H])(N)C(=O)OC)c([2H])c(O)c1O. The van der Waals surface area contributed by atoms with Gasteiger partial charge in [0, 0.05) is 0 Å². The van der Waals surface area contributed by atoms with Crippen LogP contribution in [-0.4, -0.2) is 34.4 Å². The van der Waals surface area contributed by atoms with Crippen LogP contribution in [0, 0.1) is 0 Å². The van der Waals surface area contributed by atoms with E-state index >= 15 is 0 Å². The molecule has 0 unspecified atom stereocenters. The van der Waals surface area contributed by atoms with Gasteiger partial charge in [-0.25, -0.2) is 0 Å². The molecule has 6 heteroatoms. The lowest BCUT2D eigenvalue weighted by Crippen LogP contribution is -2.37. The highest BCUT2D eigenvalue weighted by atomic mass is 16.5. The molecule has 0 aliphatic rings. The number of methoxy groups -OCH3 is 1. The zero-order valence-corrected chi connectivity index (χ0v) is 8.24. The van der Waals surface area contributed by atoms with Crippen molar-refractivity contribution >= 4 is 5.97 Å². The highest BCUT2D eigenvalue weighted by Gasteiger charge is 2.25. The maximum atomic E-state index is 11.4. The Morgan fingerprint density at radius 2 is 2.19 bits per heavy atom. The number of phenols is 2. The van der Waals surface area contributed by atoms with Crippen molar-refractivity contribution in [3.63, 3.8) is 0 Å². The molecule has 0 spiro atoms. The van der Waals surface area contributed by atoms with Crippen LogP contribution in [0.3, 0.4) is 0 Å². The predicted molar refractivity (Wildman–Crippen MR) is 54.7 cm³/mol. The Kier molecular flexibility index (Phi) is 2.03. The molecule has 0 aliphatic heterocycles. The van der Waals surface area contributed by atoms with Crippen LogP contribution in [0.4, 0.5) is 0 Å². The lowest BCUT2D eigenvalue weighted by molar-refractivity contribution is -0.145. The van der Waals surface area contributed by atoms with Gasteiger partial charge in [0.25, 0.3) is 0 Å². The van der Waals surface area contributed by atoms with Crippen molar-refractivity contribution in [2.45, 2.75) is 12.1 Å². The molecule has 0 saturated heterocycles. The van der Waals surface area contributed by atoms with Gasteiger partial charge in [0.15, 0.2) is 11.5 Å². The topological polar surface area (TPSA) is 113 Å². The molecule has 6 nitrogen and oxygen atoms in total. The molecule has 16 heavy (non-hydrogen) atoms. The minimum atomic E-state index is -3.38. The van der Waals surface area contributed by atoms with E-state index in [1.54, 1.807) is 0 Å². The van der Waals surface area contributed by atoms with Crippen molar-refractivity contribution in [1.29, 1.82) is 0 Å². The summed E-state index contributed by atoms with van der Waals surface area (Å²) in [5, 5.41) is 28.8. The Morgan fingerprint density at radius 3 is 2.75 bits per heavy atom. The number of nitrogens with two attached hydrogens (primary N) is 1. The lowest BCUT2D eigenvalue weighted by atomic mass is 10.0. The number of hydrogen-bond donors (Lipinski definition) is 4. The fourth-order valence-corrected chi connectivity index (χ4v) is 0.849. The molecule has 0 saturated carbocycles. The quantitative estimate of drug-likeness (QED) is 0.418. The summed E-state index contributed by atoms with van der Waals surface area (Å²) < 4.78 is 41.8. The number of esters is 1. The van der Waals surface area contributed by atoms with E-state index in [-0.39, 0.29) is 0 Å². The van der Waals surface area contributed by atoms with Gasteiger partial charge >= 0.3 is 5.97 Å². The smallest absolute Gasteiger partial charge is 0.325 e. The average Bonchev–Trinajstić information content (AvgIpc) is 2.41. The summed E-state index contributed by atoms with van der Waals surface area (Å²) in [5.41, 5.74) is 4.16. The Balaban J connectivity index is 3.71. The van der Waals surface area contributed by atoms with Crippen molar-refractivity contribution in [3.05, 3.63) is 23.7 Å². The Hall–Kier alpha value is -1.79. The van der Waals surface area contributed by atoms with Crippen LogP contribution in [0.1, 0.15) is 18.5 Å². The van der Waals surface area contributed by atoms with Crippen LogP contribution in [0.25, 0.3) is 0 Å². The molecule has 0 bridgehead atoms. The van der Waals surface area contributed by atoms with Crippen LogP contribution in [0.15, 0.2) is 18.1 Å². The van der Waals surface area contributed by atoms with E-state index in [1.165, 1.54) is 0 Å². The van der Waals surface area contributed by atoms with E-state index in [4.69, 9.17) is 12.6 Å². The lowest BCUT2D eigenvalue weighted by Gasteiger charge is -2.17. The number of hydrogen-bond acceptors (Lipinski definition) is 6. The van der Waals surface area contributed by atoms with Gasteiger partial charge in [-0.05, 0) is 17.6 Å². The molecule has 2 atom stereocenters. The first kappa shape index (κ1) is 6.72. The van der Waals surface area contributed by atoms with Crippen LogP contribution >= 0.6 is 0 Å². The van der Waals surface area contributed by atoms with Crippen LogP contribution in [0.2, 0.25) is 0 Å². The van der Waals surface area contributed by atoms with Gasteiger partial charge < -0.3 is 25.8 Å². The minimum Gasteiger partial charge on any atom is -0.504 e. The standard InChI is InChI=1S/C10H13NO5/c1-16-10(15)8(11)9(14)5-2-3-6(12)7(13)4-5/h2-4,8-9,12-14H,11H2,1H3/t8-,9-/m1/s1/i2D,3D,4D,8D,9D. The fraction of sp³-hybridized carbons (Fsp3) is 0.300. The second-order valence-electron chi connectivity index (χ2n) is 2.70. The summed E-state index contributed by atoms with van der Waals surface area (Å²) in [6.45, 7) is 0. The first-order valence-electron chi connectivity index (χ1n) is 6.53. The number of aromatic hydroxyl groups is 2. The van der Waals surface area contributed by atoms with Gasteiger partial charge in [-0.1, -0.05) is 6.04 Å². The van der Waals surface area contributed by atoms with Crippen molar-refractivity contribution < 1.29 is 31.7 Å². The second kappa shape index (κ2) is 4.82. The number of phenolic OH excluding ortho intramolecular Hbond substituents is 2. The third-order valence-electron chi connectivity index (χ3n) is 1.67. The van der Waals surface area contributed by atoms with E-state index in [0.29, 0.717) is 0 Å². The molecule has 0 heterocycles. The molecular weight excluding hydrogens is 214 g/mol. The third-order valence-corrected chi connectivity index (χ3v) is 1.67. The molecule has 0 radical (unpaired) electrons. The van der Waals surface area contributed by atoms with Gasteiger partial charge in [-0.2, -0.15) is 0 Å². The number of benzene rings is 1. The first-order valence-corrected chi connectivity index (χ1v) is 4.03. The van der Waals surface area contributed by atoms with E-state index in [1.807, 2.05) is 0 Å². The highest BCUT2D eigenvalue weighted by Crippen LogP contribution is 2.28. The van der Waals surface area contributed by atoms with Gasteiger partial charge in [0.05, 0.1) is 14.0 Å². The van der Waals surface area contributed by atoms with Crippen molar-refractivity contribution in [2.24, 2.45) is 5.73 Å². The summed E-state index contributed by atoms with van der Waals surface area (Å²) in [6, 6.07) is -6.26. The number of carbonyl (C=O) groups is 1. The largest absolute Gasteiger partial charge is 0.504 e. The molecule has 0 amide bonds. The monoisotopic (exact) mass is 232 g/mol. The van der Waals surface area contributed by atoms with Crippen molar-refractivity contribution in [3.8, 4) is 11.5 Å². The van der Waals surface area contributed by atoms with E-state index in [0.717, 1.165) is 7.11 Å². The molecular formula is C10H13NO5. The Labute approximate surface area is 98.9 Å². The molecule has 1 aromatic rings. The number of ether oxygens (including phenoxy) is 1. The van der Waals surface area contributed by atoms with Gasteiger partial charge in [0.1, 0.15) is 12.1 Å². The number of aliphatic hydroxyl groups is 1. The predicted octanol–water partition coefficient (Wildman–Crippen LogP) is -0.369. The van der Waals surface area contributed by atoms with E-state index in [9.17, 15) is 20.1 Å². The first-order chi connectivity index (χ1) is 9.41. The van der Waals surface area contributed by atoms with Gasteiger partial charge in [0.2, 0.25) is 0 Å². The fourth-order valence-electron chi connectivity index (χ4n) is 0.849. The van der Waals surface area contributed by atoms with Crippen molar-refractivity contribution in [2.75, 3.05) is 7.11 Å². The Morgan fingerprint density at radius 1 is 1.56 bits per heavy atom. The maximum Gasteiger partial charge on any atom is 0.325 e. The minimum absolute atomic E-state index is 0.849.